The van der Waals surface area contributed by atoms with Gasteiger partial charge in [0, 0.05) is 11.3 Å². The van der Waals surface area contributed by atoms with Crippen LogP contribution in [0.1, 0.15) is 36.8 Å². The molecule has 128 valence electrons. The van der Waals surface area contributed by atoms with E-state index in [2.05, 4.69) is 10.3 Å². The number of thiazole rings is 1. The monoisotopic (exact) mass is 346 g/mol. The number of nitrogens with one attached hydrogen (secondary N) is 1. The molecule has 5 nitrogen and oxygen atoms in total. The third-order valence-electron chi connectivity index (χ3n) is 3.80. The molecule has 1 amide bonds. The third kappa shape index (κ3) is 4.26. The van der Waals surface area contributed by atoms with Gasteiger partial charge in [-0.3, -0.25) is 4.79 Å². The summed E-state index contributed by atoms with van der Waals surface area (Å²) in [4.78, 5) is 17.8. The van der Waals surface area contributed by atoms with Crippen LogP contribution in [0.3, 0.4) is 0 Å². The van der Waals surface area contributed by atoms with Crippen molar-refractivity contribution in [3.63, 3.8) is 0 Å². The second kappa shape index (κ2) is 8.15. The molecule has 0 bridgehead atoms. The van der Waals surface area contributed by atoms with Gasteiger partial charge in [0.2, 0.25) is 5.91 Å². The zero-order chi connectivity index (χ0) is 16.8. The number of aromatic nitrogens is 1. The molecule has 1 aromatic carbocycles. The Morgan fingerprint density at radius 3 is 2.79 bits per heavy atom. The molecule has 24 heavy (non-hydrogen) atoms. The summed E-state index contributed by atoms with van der Waals surface area (Å²) in [6, 6.07) is 7.58. The van der Waals surface area contributed by atoms with E-state index in [-0.39, 0.29) is 5.91 Å². The summed E-state index contributed by atoms with van der Waals surface area (Å²) in [7, 11) is 0. The lowest BCUT2D eigenvalue weighted by molar-refractivity contribution is -0.116. The Labute approximate surface area is 146 Å². The second-order valence-electron chi connectivity index (χ2n) is 5.62. The van der Waals surface area contributed by atoms with Crippen LogP contribution < -0.4 is 14.8 Å². The lowest BCUT2D eigenvalue weighted by Gasteiger charge is -2.11. The summed E-state index contributed by atoms with van der Waals surface area (Å²) < 4.78 is 11.2. The van der Waals surface area contributed by atoms with Crippen LogP contribution in [0.25, 0.3) is 0 Å². The zero-order valence-corrected chi connectivity index (χ0v) is 14.7. The first-order valence-electron chi connectivity index (χ1n) is 8.39. The van der Waals surface area contributed by atoms with E-state index in [0.29, 0.717) is 26.1 Å². The molecule has 0 saturated carbocycles. The smallest absolute Gasteiger partial charge is 0.226 e. The largest absolute Gasteiger partial charge is 0.490 e. The number of carbonyl (C=O) groups is 1. The summed E-state index contributed by atoms with van der Waals surface area (Å²) in [5, 5.41) is 3.62. The van der Waals surface area contributed by atoms with Crippen LogP contribution in [-0.2, 0) is 17.6 Å². The summed E-state index contributed by atoms with van der Waals surface area (Å²) >= 11 is 1.60. The van der Waals surface area contributed by atoms with Crippen molar-refractivity contribution < 1.29 is 14.3 Å². The molecule has 1 N–H and O–H groups in total. The highest BCUT2D eigenvalue weighted by molar-refractivity contribution is 7.15. The normalized spacial score (nSPS) is 12.7. The van der Waals surface area contributed by atoms with Crippen LogP contribution in [0.15, 0.2) is 24.3 Å². The molecule has 0 atom stereocenters. The van der Waals surface area contributed by atoms with E-state index in [1.807, 2.05) is 31.2 Å². The number of para-hydroxylation sites is 2. The van der Waals surface area contributed by atoms with Crippen LogP contribution >= 0.6 is 11.3 Å². The van der Waals surface area contributed by atoms with Crippen molar-refractivity contribution in [3.05, 3.63) is 34.8 Å². The van der Waals surface area contributed by atoms with Gasteiger partial charge >= 0.3 is 0 Å². The highest BCUT2D eigenvalue weighted by atomic mass is 32.1. The van der Waals surface area contributed by atoms with Gasteiger partial charge in [0.1, 0.15) is 0 Å². The van der Waals surface area contributed by atoms with Gasteiger partial charge in [-0.2, -0.15) is 0 Å². The Bertz CT molecular complexity index is 678. The van der Waals surface area contributed by atoms with E-state index in [0.717, 1.165) is 35.2 Å². The minimum absolute atomic E-state index is 0.0101. The Morgan fingerprint density at radius 1 is 1.25 bits per heavy atom. The van der Waals surface area contributed by atoms with E-state index >= 15 is 0 Å². The standard InChI is InChI=1S/C18H22N2O3S/c1-2-22-14-8-3-4-9-15(14)23-12-6-11-17(21)20-18-19-13-7-5-10-16(13)24-18/h3-4,8-9H,2,5-7,10-12H2,1H3,(H,19,20,21). The van der Waals surface area contributed by atoms with Gasteiger partial charge < -0.3 is 14.8 Å². The van der Waals surface area contributed by atoms with Gasteiger partial charge in [0.25, 0.3) is 0 Å². The molecule has 0 aliphatic heterocycles. The lowest BCUT2D eigenvalue weighted by Crippen LogP contribution is -2.13. The van der Waals surface area contributed by atoms with Gasteiger partial charge in [0.15, 0.2) is 16.6 Å². The van der Waals surface area contributed by atoms with Crippen molar-refractivity contribution in [1.82, 2.24) is 4.98 Å². The Balaban J connectivity index is 1.40. The summed E-state index contributed by atoms with van der Waals surface area (Å²) in [6.45, 7) is 3.02. The van der Waals surface area contributed by atoms with Crippen LogP contribution in [0.4, 0.5) is 5.13 Å². The highest BCUT2D eigenvalue weighted by Gasteiger charge is 2.17. The van der Waals surface area contributed by atoms with Crippen molar-refractivity contribution in [2.24, 2.45) is 0 Å². The number of rotatable bonds is 8. The minimum Gasteiger partial charge on any atom is -0.490 e. The lowest BCUT2D eigenvalue weighted by atomic mass is 10.3. The first-order chi connectivity index (χ1) is 11.8. The number of anilines is 1. The Hall–Kier alpha value is -2.08. The number of amides is 1. The average molecular weight is 346 g/mol. The molecule has 0 fully saturated rings. The molecule has 1 aliphatic rings. The predicted molar refractivity (Wildman–Crippen MR) is 95.1 cm³/mol. The first-order valence-corrected chi connectivity index (χ1v) is 9.21. The predicted octanol–water partition coefficient (Wildman–Crippen LogP) is 3.83. The SMILES string of the molecule is CCOc1ccccc1OCCCC(=O)Nc1nc2c(s1)CCC2. The van der Waals surface area contributed by atoms with Crippen LogP contribution in [-0.4, -0.2) is 24.1 Å². The first kappa shape index (κ1) is 16.8. The van der Waals surface area contributed by atoms with Crippen LogP contribution in [0.5, 0.6) is 11.5 Å². The average Bonchev–Trinajstić information content (AvgIpc) is 3.14. The van der Waals surface area contributed by atoms with Gasteiger partial charge in [-0.15, -0.1) is 11.3 Å². The van der Waals surface area contributed by atoms with Crippen LogP contribution in [0, 0.1) is 0 Å². The Morgan fingerprint density at radius 2 is 2.04 bits per heavy atom. The molecule has 0 saturated heterocycles. The van der Waals surface area contributed by atoms with E-state index in [4.69, 9.17) is 9.47 Å². The molecule has 1 aliphatic carbocycles. The Kier molecular flexibility index (Phi) is 5.69. The number of carbonyl (C=O) groups excluding carboxylic acids is 1. The quantitative estimate of drug-likeness (QED) is 0.738. The zero-order valence-electron chi connectivity index (χ0n) is 13.8. The number of fused-ring (bicyclic) bond motifs is 1. The van der Waals surface area contributed by atoms with Crippen molar-refractivity contribution in [2.45, 2.75) is 39.0 Å². The number of nitrogens with zero attached hydrogens (tertiary/aromatic N) is 1. The number of ether oxygens (including phenoxy) is 2. The molecule has 0 radical (unpaired) electrons. The number of aryl methyl sites for hydroxylation is 2. The summed E-state index contributed by atoms with van der Waals surface area (Å²) in [5.41, 5.74) is 1.16. The maximum absolute atomic E-state index is 12.0. The molecular formula is C18H22N2O3S. The van der Waals surface area contributed by atoms with Gasteiger partial charge in [-0.1, -0.05) is 12.1 Å². The van der Waals surface area contributed by atoms with E-state index in [1.165, 1.54) is 11.3 Å². The maximum Gasteiger partial charge on any atom is 0.226 e. The van der Waals surface area contributed by atoms with E-state index < -0.39 is 0 Å². The number of hydrogen-bond donors (Lipinski definition) is 1. The third-order valence-corrected chi connectivity index (χ3v) is 4.87. The van der Waals surface area contributed by atoms with Crippen molar-refractivity contribution >= 4 is 22.4 Å². The summed E-state index contributed by atoms with van der Waals surface area (Å²) in [6.07, 6.45) is 4.38. The number of hydrogen-bond acceptors (Lipinski definition) is 5. The fourth-order valence-corrected chi connectivity index (χ4v) is 3.75. The molecule has 3 rings (SSSR count). The molecular weight excluding hydrogens is 324 g/mol. The van der Waals surface area contributed by atoms with Crippen molar-refractivity contribution in [3.8, 4) is 11.5 Å². The fourth-order valence-electron chi connectivity index (χ4n) is 2.68. The van der Waals surface area contributed by atoms with E-state index in [1.54, 1.807) is 11.3 Å². The molecule has 2 aromatic rings. The molecule has 1 aromatic heterocycles. The molecule has 6 heteroatoms. The van der Waals surface area contributed by atoms with Crippen molar-refractivity contribution in [2.75, 3.05) is 18.5 Å². The highest BCUT2D eigenvalue weighted by Crippen LogP contribution is 2.30. The summed E-state index contributed by atoms with van der Waals surface area (Å²) in [5.74, 6) is 1.45. The fraction of sp³-hybridized carbons (Fsp3) is 0.444. The second-order valence-corrected chi connectivity index (χ2v) is 6.71. The molecule has 0 spiro atoms. The van der Waals surface area contributed by atoms with Crippen molar-refractivity contribution in [1.29, 1.82) is 0 Å². The topological polar surface area (TPSA) is 60.5 Å². The molecule has 0 unspecified atom stereocenters. The minimum atomic E-state index is -0.0101. The number of benzene rings is 1. The molecule has 1 heterocycles. The van der Waals surface area contributed by atoms with Crippen LogP contribution in [0.2, 0.25) is 0 Å². The maximum atomic E-state index is 12.0. The van der Waals surface area contributed by atoms with Gasteiger partial charge in [-0.25, -0.2) is 4.98 Å². The van der Waals surface area contributed by atoms with Gasteiger partial charge in [-0.05, 0) is 44.7 Å². The van der Waals surface area contributed by atoms with Gasteiger partial charge in [0.05, 0.1) is 18.9 Å². The van der Waals surface area contributed by atoms with E-state index in [9.17, 15) is 4.79 Å².